The van der Waals surface area contributed by atoms with Crippen LogP contribution in [0.15, 0.2) is 22.6 Å². The second-order valence-corrected chi connectivity index (χ2v) is 8.42. The molecule has 1 amide bonds. The zero-order valence-electron chi connectivity index (χ0n) is 15.7. The zero-order chi connectivity index (χ0) is 20.5. The molecule has 3 N–H and O–H groups in total. The van der Waals surface area contributed by atoms with Crippen LogP contribution in [0, 0.1) is 0 Å². The summed E-state index contributed by atoms with van der Waals surface area (Å²) >= 11 is 7.72. The number of hydrogen-bond donors (Lipinski definition) is 3. The summed E-state index contributed by atoms with van der Waals surface area (Å²) in [5, 5.41) is 15.0. The van der Waals surface area contributed by atoms with Gasteiger partial charge in [-0.15, -0.1) is 11.3 Å². The monoisotopic (exact) mass is 424 g/mol. The van der Waals surface area contributed by atoms with Crippen molar-refractivity contribution in [3.05, 3.63) is 38.7 Å². The van der Waals surface area contributed by atoms with E-state index in [-0.39, 0.29) is 25.3 Å². The Morgan fingerprint density at radius 1 is 1.46 bits per heavy atom. The highest BCUT2D eigenvalue weighted by Gasteiger charge is 2.24. The van der Waals surface area contributed by atoms with Crippen LogP contribution < -0.4 is 10.9 Å². The minimum Gasteiger partial charge on any atom is -0.444 e. The Morgan fingerprint density at radius 3 is 2.82 bits per heavy atom. The van der Waals surface area contributed by atoms with Crippen LogP contribution in [0.25, 0.3) is 21.6 Å². The Labute approximate surface area is 170 Å². The first-order valence-corrected chi connectivity index (χ1v) is 9.88. The molecule has 3 aromatic heterocycles. The molecule has 0 bridgehead atoms. The second-order valence-electron chi connectivity index (χ2n) is 7.09. The van der Waals surface area contributed by atoms with Crippen LogP contribution in [0.4, 0.5) is 4.79 Å². The number of nitrogens with zero attached hydrogens (tertiary/aromatic N) is 2. The van der Waals surface area contributed by atoms with Crippen molar-refractivity contribution in [1.29, 1.82) is 0 Å². The van der Waals surface area contributed by atoms with Gasteiger partial charge in [-0.3, -0.25) is 4.79 Å². The van der Waals surface area contributed by atoms with Crippen LogP contribution in [-0.2, 0) is 17.9 Å². The normalized spacial score (nSPS) is 11.8. The number of aromatic amines is 1. The summed E-state index contributed by atoms with van der Waals surface area (Å²) in [5.41, 5.74) is 0.914. The lowest BCUT2D eigenvalue weighted by molar-refractivity contribution is 0.0526. The van der Waals surface area contributed by atoms with E-state index >= 15 is 0 Å². The number of nitrogens with one attached hydrogen (secondary N) is 2. The van der Waals surface area contributed by atoms with Gasteiger partial charge in [0.25, 0.3) is 5.56 Å². The fourth-order valence-corrected chi connectivity index (χ4v) is 4.16. The van der Waals surface area contributed by atoms with Crippen molar-refractivity contribution in [2.75, 3.05) is 6.54 Å². The summed E-state index contributed by atoms with van der Waals surface area (Å²) in [7, 11) is 0. The number of thiophene rings is 1. The number of alkyl carbamates (subject to hydrolysis) is 1. The maximum absolute atomic E-state index is 12.5. The number of aliphatic hydroxyl groups is 1. The molecular weight excluding hydrogens is 404 g/mol. The molecule has 0 unspecified atom stereocenters. The van der Waals surface area contributed by atoms with Crippen LogP contribution in [0.3, 0.4) is 0 Å². The number of carbonyl (C=O) groups excluding carboxylic acids is 1. The first kappa shape index (κ1) is 20.4. The van der Waals surface area contributed by atoms with E-state index in [1.54, 1.807) is 31.4 Å². The van der Waals surface area contributed by atoms with Crippen molar-refractivity contribution >= 4 is 40.1 Å². The van der Waals surface area contributed by atoms with Crippen LogP contribution in [-0.4, -0.2) is 37.9 Å². The fraction of sp³-hybridized carbons (Fsp3) is 0.389. The van der Waals surface area contributed by atoms with E-state index in [1.807, 2.05) is 5.38 Å². The lowest BCUT2D eigenvalue weighted by Gasteiger charge is -2.20. The van der Waals surface area contributed by atoms with E-state index in [0.29, 0.717) is 27.3 Å². The van der Waals surface area contributed by atoms with Crippen LogP contribution in [0.2, 0.25) is 5.02 Å². The zero-order valence-corrected chi connectivity index (χ0v) is 17.3. The number of hydrogen-bond acceptors (Lipinski definition) is 6. The van der Waals surface area contributed by atoms with Gasteiger partial charge in [-0.1, -0.05) is 11.6 Å². The van der Waals surface area contributed by atoms with Gasteiger partial charge in [-0.2, -0.15) is 0 Å². The average molecular weight is 425 g/mol. The summed E-state index contributed by atoms with van der Waals surface area (Å²) in [6.07, 6.45) is 0.751. The number of amides is 1. The van der Waals surface area contributed by atoms with Gasteiger partial charge < -0.3 is 24.7 Å². The molecule has 3 heterocycles. The number of carbonyl (C=O) groups is 1. The number of rotatable bonds is 5. The van der Waals surface area contributed by atoms with E-state index in [9.17, 15) is 14.7 Å². The highest BCUT2D eigenvalue weighted by Crippen LogP contribution is 2.39. The first-order chi connectivity index (χ1) is 13.2. The van der Waals surface area contributed by atoms with Crippen LogP contribution in [0.5, 0.6) is 0 Å². The average Bonchev–Trinajstić information content (AvgIpc) is 3.14. The molecule has 0 saturated carbocycles. The molecule has 0 fully saturated rings. The second kappa shape index (κ2) is 7.94. The van der Waals surface area contributed by atoms with Crippen molar-refractivity contribution < 1.29 is 14.6 Å². The highest BCUT2D eigenvalue weighted by atomic mass is 35.5. The quantitative estimate of drug-likeness (QED) is 0.583. The SMILES string of the molecule is CC(C)(C)OC(=O)NCCn1c(-c2sccc2Cl)c(CO)c2nc[nH]c(=O)c21. The van der Waals surface area contributed by atoms with Gasteiger partial charge in [0, 0.05) is 18.7 Å². The minimum atomic E-state index is -0.606. The maximum atomic E-state index is 12.5. The van der Waals surface area contributed by atoms with Crippen LogP contribution >= 0.6 is 22.9 Å². The molecule has 8 nitrogen and oxygen atoms in total. The van der Waals surface area contributed by atoms with Crippen LogP contribution in [0.1, 0.15) is 26.3 Å². The Hall–Kier alpha value is -2.36. The van der Waals surface area contributed by atoms with Crippen molar-refractivity contribution in [2.24, 2.45) is 0 Å². The summed E-state index contributed by atoms with van der Waals surface area (Å²) in [4.78, 5) is 31.9. The molecule has 10 heteroatoms. The summed E-state index contributed by atoms with van der Waals surface area (Å²) in [6, 6.07) is 1.75. The number of aliphatic hydroxyl groups excluding tert-OH is 1. The Bertz CT molecular complexity index is 1060. The molecule has 28 heavy (non-hydrogen) atoms. The van der Waals surface area contributed by atoms with E-state index in [0.717, 1.165) is 4.88 Å². The number of halogens is 1. The molecule has 0 spiro atoms. The number of aromatic nitrogens is 3. The summed E-state index contributed by atoms with van der Waals surface area (Å²) in [6.45, 7) is 5.52. The van der Waals surface area contributed by atoms with E-state index in [4.69, 9.17) is 16.3 Å². The summed E-state index contributed by atoms with van der Waals surface area (Å²) < 4.78 is 6.96. The third-order valence-electron chi connectivity index (χ3n) is 3.93. The molecule has 0 saturated heterocycles. The molecule has 0 aliphatic heterocycles. The van der Waals surface area contributed by atoms with Gasteiger partial charge in [0.2, 0.25) is 0 Å². The Morgan fingerprint density at radius 2 is 2.21 bits per heavy atom. The van der Waals surface area contributed by atoms with Gasteiger partial charge in [0.15, 0.2) is 0 Å². The summed E-state index contributed by atoms with van der Waals surface area (Å²) in [5.74, 6) is 0. The smallest absolute Gasteiger partial charge is 0.407 e. The first-order valence-electron chi connectivity index (χ1n) is 8.62. The van der Waals surface area contributed by atoms with Crippen molar-refractivity contribution in [2.45, 2.75) is 39.5 Å². The van der Waals surface area contributed by atoms with Gasteiger partial charge in [-0.05, 0) is 32.2 Å². The maximum Gasteiger partial charge on any atom is 0.407 e. The molecule has 3 aromatic rings. The fourth-order valence-electron chi connectivity index (χ4n) is 2.93. The molecule has 0 aliphatic rings. The number of ether oxygens (including phenoxy) is 1. The predicted molar refractivity (Wildman–Crippen MR) is 109 cm³/mol. The molecule has 0 radical (unpaired) electrons. The van der Waals surface area contributed by atoms with Gasteiger partial charge in [0.1, 0.15) is 16.6 Å². The van der Waals surface area contributed by atoms with Gasteiger partial charge in [-0.25, -0.2) is 9.78 Å². The third-order valence-corrected chi connectivity index (χ3v) is 5.28. The van der Waals surface area contributed by atoms with E-state index < -0.39 is 11.7 Å². The van der Waals surface area contributed by atoms with Crippen molar-refractivity contribution in [3.63, 3.8) is 0 Å². The molecule has 3 rings (SSSR count). The lowest BCUT2D eigenvalue weighted by atomic mass is 10.2. The predicted octanol–water partition coefficient (Wildman–Crippen LogP) is 3.12. The molecular formula is C18H21ClN4O4S. The Balaban J connectivity index is 2.02. The highest BCUT2D eigenvalue weighted by molar-refractivity contribution is 7.14. The molecule has 0 aliphatic carbocycles. The standard InChI is InChI=1S/C18H21ClN4O4S/c1-18(2,3)27-17(26)20-5-6-23-13(15-11(19)4-7-28-15)10(8-24)12-14(23)16(25)22-9-21-12/h4,7,9,24H,5-6,8H2,1-3H3,(H,20,26)(H,21,22,25). The van der Waals surface area contributed by atoms with Gasteiger partial charge in [0.05, 0.1) is 28.5 Å². The van der Waals surface area contributed by atoms with Gasteiger partial charge >= 0.3 is 6.09 Å². The Kier molecular flexibility index (Phi) is 5.78. The largest absolute Gasteiger partial charge is 0.444 e. The topological polar surface area (TPSA) is 109 Å². The third kappa shape index (κ3) is 4.06. The number of fused-ring (bicyclic) bond motifs is 1. The number of H-pyrrole nitrogens is 1. The van der Waals surface area contributed by atoms with Crippen molar-refractivity contribution in [3.8, 4) is 10.6 Å². The minimum absolute atomic E-state index is 0.216. The van der Waals surface area contributed by atoms with E-state index in [1.165, 1.54) is 17.7 Å². The van der Waals surface area contributed by atoms with E-state index in [2.05, 4.69) is 15.3 Å². The molecule has 0 atom stereocenters. The molecule has 0 aromatic carbocycles. The van der Waals surface area contributed by atoms with Crippen molar-refractivity contribution in [1.82, 2.24) is 19.9 Å². The molecule has 150 valence electrons. The lowest BCUT2D eigenvalue weighted by Crippen LogP contribution is -2.34.